The molecule has 0 saturated carbocycles. The van der Waals surface area contributed by atoms with E-state index < -0.39 is 0 Å². The smallest absolute Gasteiger partial charge is 0.259 e. The molecule has 0 saturated heterocycles. The highest BCUT2D eigenvalue weighted by molar-refractivity contribution is 9.10. The van der Waals surface area contributed by atoms with Crippen molar-refractivity contribution >= 4 is 27.5 Å². The Labute approximate surface area is 128 Å². The number of rotatable bonds is 3. The van der Waals surface area contributed by atoms with Crippen LogP contribution in [0.1, 0.15) is 28.4 Å². The van der Waals surface area contributed by atoms with Crippen molar-refractivity contribution in [3.63, 3.8) is 0 Å². The van der Waals surface area contributed by atoms with E-state index in [2.05, 4.69) is 15.9 Å². The number of halogens is 1. The summed E-state index contributed by atoms with van der Waals surface area (Å²) < 4.78 is 0.833. The summed E-state index contributed by atoms with van der Waals surface area (Å²) in [6, 6.07) is 13.8. The molecule has 0 spiro atoms. The van der Waals surface area contributed by atoms with Gasteiger partial charge in [-0.15, -0.1) is 0 Å². The summed E-state index contributed by atoms with van der Waals surface area (Å²) >= 11 is 3.47. The van der Waals surface area contributed by atoms with Gasteiger partial charge in [0.15, 0.2) is 0 Å². The summed E-state index contributed by atoms with van der Waals surface area (Å²) in [6.45, 7) is 6.66. The number of amides is 1. The molecule has 2 aromatic carbocycles. The maximum Gasteiger partial charge on any atom is 0.259 e. The number of carbonyl (C=O) groups excluding carboxylic acids is 1. The average molecular weight is 332 g/mol. The van der Waals surface area contributed by atoms with Crippen LogP contribution in [0.25, 0.3) is 0 Å². The van der Waals surface area contributed by atoms with Gasteiger partial charge in [0.05, 0.1) is 5.56 Å². The Morgan fingerprint density at radius 2 is 1.80 bits per heavy atom. The third-order valence-electron chi connectivity index (χ3n) is 3.23. The predicted octanol–water partition coefficient (Wildman–Crippen LogP) is 4.73. The molecule has 0 fully saturated rings. The molecule has 0 heterocycles. The second-order valence-corrected chi connectivity index (χ2v) is 5.73. The summed E-state index contributed by atoms with van der Waals surface area (Å²) in [4.78, 5) is 14.6. The van der Waals surface area contributed by atoms with E-state index in [1.807, 2.05) is 63.2 Å². The first-order chi connectivity index (χ1) is 9.52. The first kappa shape index (κ1) is 14.8. The van der Waals surface area contributed by atoms with Gasteiger partial charge in [0.25, 0.3) is 5.91 Å². The summed E-state index contributed by atoms with van der Waals surface area (Å²) in [5, 5.41) is 0. The van der Waals surface area contributed by atoms with Crippen LogP contribution < -0.4 is 4.90 Å². The van der Waals surface area contributed by atoms with Gasteiger partial charge >= 0.3 is 0 Å². The maximum absolute atomic E-state index is 12.8. The Balaban J connectivity index is 2.41. The topological polar surface area (TPSA) is 20.3 Å². The number of carbonyl (C=O) groups is 1. The molecule has 0 bridgehead atoms. The van der Waals surface area contributed by atoms with Crippen LogP contribution in [0.2, 0.25) is 0 Å². The van der Waals surface area contributed by atoms with Crippen molar-refractivity contribution in [3.05, 3.63) is 63.6 Å². The molecule has 0 radical (unpaired) electrons. The Hall–Kier alpha value is -1.61. The summed E-state index contributed by atoms with van der Waals surface area (Å²) in [7, 11) is 0. The molecular weight excluding hydrogens is 314 g/mol. The minimum absolute atomic E-state index is 0.0219. The van der Waals surface area contributed by atoms with Crippen LogP contribution in [-0.2, 0) is 0 Å². The van der Waals surface area contributed by atoms with E-state index in [-0.39, 0.29) is 5.91 Å². The fraction of sp³-hybridized carbons (Fsp3) is 0.235. The van der Waals surface area contributed by atoms with Gasteiger partial charge in [0, 0.05) is 16.7 Å². The van der Waals surface area contributed by atoms with Crippen LogP contribution in [-0.4, -0.2) is 12.5 Å². The fourth-order valence-corrected chi connectivity index (χ4v) is 2.60. The first-order valence-corrected chi connectivity index (χ1v) is 7.47. The van der Waals surface area contributed by atoms with Crippen molar-refractivity contribution in [1.29, 1.82) is 0 Å². The number of hydrogen-bond donors (Lipinski definition) is 0. The molecule has 2 rings (SSSR count). The molecule has 0 atom stereocenters. The van der Waals surface area contributed by atoms with Gasteiger partial charge in [-0.3, -0.25) is 4.79 Å². The van der Waals surface area contributed by atoms with E-state index in [0.717, 1.165) is 21.3 Å². The zero-order chi connectivity index (χ0) is 14.7. The SMILES string of the molecule is CCN(C(=O)c1cc(C)ccc1Br)c1cccc(C)c1. The number of benzene rings is 2. The second-order valence-electron chi connectivity index (χ2n) is 4.87. The molecule has 0 aromatic heterocycles. The molecule has 1 amide bonds. The van der Waals surface area contributed by atoms with Gasteiger partial charge in [-0.25, -0.2) is 0 Å². The highest BCUT2D eigenvalue weighted by Gasteiger charge is 2.18. The quantitative estimate of drug-likeness (QED) is 0.795. The Morgan fingerprint density at radius 3 is 2.45 bits per heavy atom. The largest absolute Gasteiger partial charge is 0.309 e. The first-order valence-electron chi connectivity index (χ1n) is 6.67. The van der Waals surface area contributed by atoms with Crippen LogP contribution >= 0.6 is 15.9 Å². The number of aryl methyl sites for hydroxylation is 2. The van der Waals surface area contributed by atoms with Gasteiger partial charge in [-0.1, -0.05) is 23.8 Å². The Kier molecular flexibility index (Phi) is 4.61. The highest BCUT2D eigenvalue weighted by atomic mass is 79.9. The molecule has 0 aliphatic rings. The third kappa shape index (κ3) is 3.10. The summed E-state index contributed by atoms with van der Waals surface area (Å²) in [5.41, 5.74) is 3.87. The molecular formula is C17H18BrNO. The van der Waals surface area contributed by atoms with Crippen LogP contribution in [0, 0.1) is 13.8 Å². The van der Waals surface area contributed by atoms with Crippen LogP contribution in [0.5, 0.6) is 0 Å². The maximum atomic E-state index is 12.8. The molecule has 104 valence electrons. The summed E-state index contributed by atoms with van der Waals surface area (Å²) in [6.07, 6.45) is 0. The number of anilines is 1. The van der Waals surface area contributed by atoms with Gasteiger partial charge in [0.2, 0.25) is 0 Å². The Bertz CT molecular complexity index is 637. The van der Waals surface area contributed by atoms with Gasteiger partial charge in [-0.05, 0) is 66.5 Å². The van der Waals surface area contributed by atoms with Crippen molar-refractivity contribution in [2.24, 2.45) is 0 Å². The van der Waals surface area contributed by atoms with Gasteiger partial charge < -0.3 is 4.90 Å². The summed E-state index contributed by atoms with van der Waals surface area (Å²) in [5.74, 6) is 0.0219. The predicted molar refractivity (Wildman–Crippen MR) is 87.4 cm³/mol. The lowest BCUT2D eigenvalue weighted by molar-refractivity contribution is 0.0987. The molecule has 0 N–H and O–H groups in total. The van der Waals surface area contributed by atoms with E-state index in [9.17, 15) is 4.79 Å². The zero-order valence-corrected chi connectivity index (χ0v) is 13.6. The third-order valence-corrected chi connectivity index (χ3v) is 3.92. The molecule has 0 aliphatic carbocycles. The van der Waals surface area contributed by atoms with E-state index in [1.165, 1.54) is 0 Å². The van der Waals surface area contributed by atoms with Gasteiger partial charge in [0.1, 0.15) is 0 Å². The molecule has 0 unspecified atom stereocenters. The molecule has 2 nitrogen and oxygen atoms in total. The van der Waals surface area contributed by atoms with Crippen molar-refractivity contribution < 1.29 is 4.79 Å². The van der Waals surface area contributed by atoms with Crippen molar-refractivity contribution in [2.45, 2.75) is 20.8 Å². The second kappa shape index (κ2) is 6.23. The van der Waals surface area contributed by atoms with Crippen LogP contribution in [0.4, 0.5) is 5.69 Å². The minimum Gasteiger partial charge on any atom is -0.309 e. The van der Waals surface area contributed by atoms with Gasteiger partial charge in [-0.2, -0.15) is 0 Å². The van der Waals surface area contributed by atoms with E-state index in [1.54, 1.807) is 4.90 Å². The molecule has 0 aliphatic heterocycles. The van der Waals surface area contributed by atoms with Crippen LogP contribution in [0.15, 0.2) is 46.9 Å². The minimum atomic E-state index is 0.0219. The van der Waals surface area contributed by atoms with Crippen molar-refractivity contribution in [3.8, 4) is 0 Å². The van der Waals surface area contributed by atoms with E-state index in [4.69, 9.17) is 0 Å². The zero-order valence-electron chi connectivity index (χ0n) is 12.0. The number of hydrogen-bond acceptors (Lipinski definition) is 1. The average Bonchev–Trinajstić information content (AvgIpc) is 2.42. The Morgan fingerprint density at radius 1 is 1.10 bits per heavy atom. The monoisotopic (exact) mass is 331 g/mol. The lowest BCUT2D eigenvalue weighted by atomic mass is 10.1. The lowest BCUT2D eigenvalue weighted by Gasteiger charge is -2.22. The standard InChI is InChI=1S/C17H18BrNO/c1-4-19(14-7-5-6-12(2)10-14)17(20)15-11-13(3)8-9-16(15)18/h5-11H,4H2,1-3H3. The normalized spacial score (nSPS) is 10.4. The molecule has 20 heavy (non-hydrogen) atoms. The van der Waals surface area contributed by atoms with E-state index in [0.29, 0.717) is 12.1 Å². The fourth-order valence-electron chi connectivity index (χ4n) is 2.19. The van der Waals surface area contributed by atoms with Crippen LogP contribution in [0.3, 0.4) is 0 Å². The van der Waals surface area contributed by atoms with E-state index >= 15 is 0 Å². The molecule has 3 heteroatoms. The lowest BCUT2D eigenvalue weighted by Crippen LogP contribution is -2.31. The van der Waals surface area contributed by atoms with Crippen molar-refractivity contribution in [2.75, 3.05) is 11.4 Å². The van der Waals surface area contributed by atoms with Crippen molar-refractivity contribution in [1.82, 2.24) is 0 Å². The highest BCUT2D eigenvalue weighted by Crippen LogP contribution is 2.23. The number of nitrogens with zero attached hydrogens (tertiary/aromatic N) is 1. The molecule has 2 aromatic rings.